The van der Waals surface area contributed by atoms with Gasteiger partial charge in [0.05, 0.1) is 13.2 Å². The molecule has 1 unspecified atom stereocenters. The van der Waals surface area contributed by atoms with Crippen LogP contribution in [0, 0.1) is 0 Å². The lowest BCUT2D eigenvalue weighted by molar-refractivity contribution is 0.414. The van der Waals surface area contributed by atoms with E-state index >= 15 is 0 Å². The maximum absolute atomic E-state index is 6.49. The Morgan fingerprint density at radius 2 is 2.00 bits per heavy atom. The van der Waals surface area contributed by atoms with Crippen LogP contribution in [0.5, 0.6) is 5.75 Å². The van der Waals surface area contributed by atoms with Gasteiger partial charge in [-0.15, -0.1) is 0 Å². The van der Waals surface area contributed by atoms with Crippen LogP contribution in [0.4, 0.5) is 0 Å². The first-order valence-corrected chi connectivity index (χ1v) is 7.41. The van der Waals surface area contributed by atoms with Crippen molar-refractivity contribution in [3.8, 4) is 5.75 Å². The molecule has 106 valence electrons. The van der Waals surface area contributed by atoms with E-state index in [0.29, 0.717) is 0 Å². The number of hydrogen-bond donors (Lipinski definition) is 1. The zero-order valence-corrected chi connectivity index (χ0v) is 13.2. The van der Waals surface area contributed by atoms with Crippen molar-refractivity contribution in [3.05, 3.63) is 70.5 Å². The van der Waals surface area contributed by atoms with Crippen LogP contribution < -0.4 is 10.5 Å². The summed E-state index contributed by atoms with van der Waals surface area (Å²) in [5.74, 6) is 0.794. The summed E-state index contributed by atoms with van der Waals surface area (Å²) in [5, 5.41) is 2.21. The third kappa shape index (κ3) is 2.64. The van der Waals surface area contributed by atoms with Gasteiger partial charge in [0.1, 0.15) is 5.75 Å². The van der Waals surface area contributed by atoms with E-state index in [0.717, 1.165) is 32.1 Å². The van der Waals surface area contributed by atoms with Gasteiger partial charge in [0, 0.05) is 22.3 Å². The molecule has 0 aliphatic carbocycles. The zero-order chi connectivity index (χ0) is 14.8. The van der Waals surface area contributed by atoms with Crippen molar-refractivity contribution in [2.45, 2.75) is 6.04 Å². The van der Waals surface area contributed by atoms with Crippen LogP contribution in [0.15, 0.2) is 59.3 Å². The number of nitrogens with two attached hydrogens (primary N) is 1. The van der Waals surface area contributed by atoms with Gasteiger partial charge in [-0.1, -0.05) is 34.1 Å². The molecule has 4 heteroatoms. The van der Waals surface area contributed by atoms with E-state index in [2.05, 4.69) is 27.0 Å². The largest absolute Gasteiger partial charge is 0.497 e. The Hall–Kier alpha value is -1.91. The van der Waals surface area contributed by atoms with Gasteiger partial charge in [-0.25, -0.2) is 0 Å². The standard InChI is InChI=1S/C17H15BrN2O/c1-21-12-5-6-16(18)14(9-12)17(19)13-4-2-3-11-7-8-20-10-15(11)13/h2-10,17H,19H2,1H3. The number of pyridine rings is 1. The van der Waals surface area contributed by atoms with E-state index in [9.17, 15) is 0 Å². The minimum absolute atomic E-state index is 0.248. The number of benzene rings is 2. The van der Waals surface area contributed by atoms with Crippen molar-refractivity contribution in [1.82, 2.24) is 4.98 Å². The molecule has 0 fully saturated rings. The molecule has 0 aliphatic heterocycles. The second-order valence-corrected chi connectivity index (χ2v) is 5.66. The summed E-state index contributed by atoms with van der Waals surface area (Å²) in [6.07, 6.45) is 3.65. The predicted molar refractivity (Wildman–Crippen MR) is 88.5 cm³/mol. The van der Waals surface area contributed by atoms with Gasteiger partial charge in [0.2, 0.25) is 0 Å². The van der Waals surface area contributed by atoms with Crippen LogP contribution in [0.2, 0.25) is 0 Å². The second kappa shape index (κ2) is 5.84. The van der Waals surface area contributed by atoms with Crippen molar-refractivity contribution >= 4 is 26.7 Å². The van der Waals surface area contributed by atoms with Gasteiger partial charge in [-0.2, -0.15) is 0 Å². The highest BCUT2D eigenvalue weighted by Gasteiger charge is 2.15. The highest BCUT2D eigenvalue weighted by molar-refractivity contribution is 9.10. The van der Waals surface area contributed by atoms with E-state index in [1.54, 1.807) is 13.3 Å². The van der Waals surface area contributed by atoms with E-state index < -0.39 is 0 Å². The molecule has 1 atom stereocenters. The molecule has 0 aliphatic rings. The molecular formula is C17H15BrN2O. The summed E-state index contributed by atoms with van der Waals surface area (Å²) in [6.45, 7) is 0. The smallest absolute Gasteiger partial charge is 0.119 e. The molecular weight excluding hydrogens is 328 g/mol. The van der Waals surface area contributed by atoms with Crippen LogP contribution in [0.25, 0.3) is 10.8 Å². The number of methoxy groups -OCH3 is 1. The van der Waals surface area contributed by atoms with Crippen LogP contribution in [-0.4, -0.2) is 12.1 Å². The molecule has 3 nitrogen and oxygen atoms in total. The van der Waals surface area contributed by atoms with Gasteiger partial charge in [0.25, 0.3) is 0 Å². The summed E-state index contributed by atoms with van der Waals surface area (Å²) in [5.41, 5.74) is 8.54. The highest BCUT2D eigenvalue weighted by atomic mass is 79.9. The Morgan fingerprint density at radius 3 is 2.81 bits per heavy atom. The third-order valence-corrected chi connectivity index (χ3v) is 4.31. The van der Waals surface area contributed by atoms with Crippen molar-refractivity contribution in [2.24, 2.45) is 5.73 Å². The molecule has 2 N–H and O–H groups in total. The number of aromatic nitrogens is 1. The zero-order valence-electron chi connectivity index (χ0n) is 11.6. The van der Waals surface area contributed by atoms with Gasteiger partial charge < -0.3 is 10.5 Å². The quantitative estimate of drug-likeness (QED) is 0.780. The lowest BCUT2D eigenvalue weighted by Crippen LogP contribution is -2.13. The van der Waals surface area contributed by atoms with E-state index in [1.165, 1.54) is 0 Å². The topological polar surface area (TPSA) is 48.1 Å². The van der Waals surface area contributed by atoms with Crippen molar-refractivity contribution in [1.29, 1.82) is 0 Å². The molecule has 0 bridgehead atoms. The predicted octanol–water partition coefficient (Wildman–Crippen LogP) is 4.05. The Kier molecular flexibility index (Phi) is 3.90. The molecule has 2 aromatic carbocycles. The van der Waals surface area contributed by atoms with Gasteiger partial charge in [-0.3, -0.25) is 4.98 Å². The minimum atomic E-state index is -0.248. The number of rotatable bonds is 3. The average Bonchev–Trinajstić information content (AvgIpc) is 2.54. The minimum Gasteiger partial charge on any atom is -0.497 e. The maximum Gasteiger partial charge on any atom is 0.119 e. The first-order chi connectivity index (χ1) is 10.2. The summed E-state index contributed by atoms with van der Waals surface area (Å²) in [6, 6.07) is 13.7. The van der Waals surface area contributed by atoms with Crippen LogP contribution in [0.1, 0.15) is 17.2 Å². The number of nitrogens with zero attached hydrogens (tertiary/aromatic N) is 1. The molecule has 0 spiro atoms. The molecule has 0 amide bonds. The van der Waals surface area contributed by atoms with Crippen molar-refractivity contribution < 1.29 is 4.74 Å². The normalized spacial score (nSPS) is 12.3. The lowest BCUT2D eigenvalue weighted by Gasteiger charge is -2.17. The molecule has 1 heterocycles. The van der Waals surface area contributed by atoms with Crippen molar-refractivity contribution in [3.63, 3.8) is 0 Å². The molecule has 3 rings (SSSR count). The fourth-order valence-corrected chi connectivity index (χ4v) is 2.96. The van der Waals surface area contributed by atoms with E-state index in [4.69, 9.17) is 10.5 Å². The highest BCUT2D eigenvalue weighted by Crippen LogP contribution is 2.33. The number of fused-ring (bicyclic) bond motifs is 1. The summed E-state index contributed by atoms with van der Waals surface area (Å²) in [7, 11) is 1.65. The molecule has 0 saturated carbocycles. The molecule has 1 aromatic heterocycles. The fourth-order valence-electron chi connectivity index (χ4n) is 2.46. The Morgan fingerprint density at radius 1 is 1.14 bits per heavy atom. The van der Waals surface area contributed by atoms with Gasteiger partial charge >= 0.3 is 0 Å². The third-order valence-electron chi connectivity index (χ3n) is 3.59. The summed E-state index contributed by atoms with van der Waals surface area (Å²) >= 11 is 3.57. The number of halogens is 1. The van der Waals surface area contributed by atoms with Gasteiger partial charge in [0.15, 0.2) is 0 Å². The second-order valence-electron chi connectivity index (χ2n) is 4.81. The molecule has 0 saturated heterocycles. The lowest BCUT2D eigenvalue weighted by atomic mass is 9.95. The van der Waals surface area contributed by atoms with E-state index in [1.807, 2.05) is 42.6 Å². The van der Waals surface area contributed by atoms with Gasteiger partial charge in [-0.05, 0) is 40.8 Å². The van der Waals surface area contributed by atoms with Crippen molar-refractivity contribution in [2.75, 3.05) is 7.11 Å². The monoisotopic (exact) mass is 342 g/mol. The number of hydrogen-bond acceptors (Lipinski definition) is 3. The summed E-state index contributed by atoms with van der Waals surface area (Å²) in [4.78, 5) is 4.21. The Balaban J connectivity index is 2.14. The Bertz CT molecular complexity index is 783. The first-order valence-electron chi connectivity index (χ1n) is 6.62. The SMILES string of the molecule is COc1ccc(Br)c(C(N)c2cccc3ccncc23)c1. The fraction of sp³-hybridized carbons (Fsp3) is 0.118. The molecule has 0 radical (unpaired) electrons. The Labute approximate surface area is 131 Å². The van der Waals surface area contributed by atoms with Crippen LogP contribution >= 0.6 is 15.9 Å². The molecule has 21 heavy (non-hydrogen) atoms. The first kappa shape index (κ1) is 14.0. The molecule has 3 aromatic rings. The van der Waals surface area contributed by atoms with Crippen LogP contribution in [-0.2, 0) is 0 Å². The van der Waals surface area contributed by atoms with E-state index in [-0.39, 0.29) is 6.04 Å². The average molecular weight is 343 g/mol. The summed E-state index contributed by atoms with van der Waals surface area (Å²) < 4.78 is 6.26. The maximum atomic E-state index is 6.49. The number of ether oxygens (including phenoxy) is 1. The van der Waals surface area contributed by atoms with Crippen LogP contribution in [0.3, 0.4) is 0 Å².